The van der Waals surface area contributed by atoms with Crippen LogP contribution in [0.4, 0.5) is 18.9 Å². The minimum atomic E-state index is -4.18. The van der Waals surface area contributed by atoms with Crippen LogP contribution in [0.3, 0.4) is 0 Å². The lowest BCUT2D eigenvalue weighted by molar-refractivity contribution is -0.184. The molecule has 1 heterocycles. The van der Waals surface area contributed by atoms with Gasteiger partial charge in [0.25, 0.3) is 0 Å². The van der Waals surface area contributed by atoms with E-state index in [1.54, 1.807) is 0 Å². The Bertz CT molecular complexity index is 713. The fourth-order valence-corrected chi connectivity index (χ4v) is 4.17. The topological polar surface area (TPSA) is 52.7 Å². The Labute approximate surface area is 169 Å². The van der Waals surface area contributed by atoms with Gasteiger partial charge in [0.1, 0.15) is 0 Å². The molecule has 1 saturated heterocycles. The van der Waals surface area contributed by atoms with Gasteiger partial charge in [-0.1, -0.05) is 6.42 Å². The number of anilines is 1. The zero-order chi connectivity index (χ0) is 21.0. The predicted octanol–water partition coefficient (Wildman–Crippen LogP) is 3.25. The van der Waals surface area contributed by atoms with Crippen molar-refractivity contribution in [2.24, 2.45) is 5.92 Å². The summed E-state index contributed by atoms with van der Waals surface area (Å²) >= 11 is 0. The number of ketones is 1. The van der Waals surface area contributed by atoms with Gasteiger partial charge < -0.3 is 10.2 Å². The summed E-state index contributed by atoms with van der Waals surface area (Å²) in [5.74, 6) is -1.47. The van der Waals surface area contributed by atoms with E-state index in [0.29, 0.717) is 31.5 Å². The Morgan fingerprint density at radius 1 is 1.07 bits per heavy atom. The molecule has 0 radical (unpaired) electrons. The van der Waals surface area contributed by atoms with E-state index in [0.717, 1.165) is 18.8 Å². The second-order valence-corrected chi connectivity index (χ2v) is 8.04. The number of benzene rings is 1. The normalized spacial score (nSPS) is 23.7. The number of alkyl halides is 3. The van der Waals surface area contributed by atoms with Crippen LogP contribution in [-0.2, 0) is 4.79 Å². The first-order chi connectivity index (χ1) is 13.7. The van der Waals surface area contributed by atoms with Crippen LogP contribution in [0.2, 0.25) is 0 Å². The minimum absolute atomic E-state index is 0.0146. The summed E-state index contributed by atoms with van der Waals surface area (Å²) in [6.45, 7) is 4.67. The maximum absolute atomic E-state index is 12.9. The van der Waals surface area contributed by atoms with E-state index < -0.39 is 12.1 Å². The van der Waals surface area contributed by atoms with Gasteiger partial charge in [-0.3, -0.25) is 14.5 Å². The van der Waals surface area contributed by atoms with Crippen molar-refractivity contribution < 1.29 is 22.8 Å². The van der Waals surface area contributed by atoms with Crippen LogP contribution in [0.15, 0.2) is 24.3 Å². The van der Waals surface area contributed by atoms with E-state index in [1.165, 1.54) is 6.92 Å². The number of carbonyl (C=O) groups is 2. The molecule has 0 bridgehead atoms. The molecule has 2 fully saturated rings. The maximum atomic E-state index is 12.9. The van der Waals surface area contributed by atoms with Crippen molar-refractivity contribution in [1.82, 2.24) is 10.2 Å². The molecule has 1 aliphatic carbocycles. The number of hydrogen-bond acceptors (Lipinski definition) is 4. The van der Waals surface area contributed by atoms with Crippen molar-refractivity contribution in [3.05, 3.63) is 29.8 Å². The molecule has 29 heavy (non-hydrogen) atoms. The lowest BCUT2D eigenvalue weighted by atomic mass is 9.85. The van der Waals surface area contributed by atoms with Gasteiger partial charge in [-0.2, -0.15) is 13.2 Å². The third-order valence-corrected chi connectivity index (χ3v) is 5.88. The van der Waals surface area contributed by atoms with E-state index in [-0.39, 0.29) is 37.1 Å². The molecule has 1 aromatic rings. The van der Waals surface area contributed by atoms with Crippen LogP contribution in [0, 0.1) is 5.92 Å². The molecular formula is C21H28F3N3O2. The molecule has 160 valence electrons. The van der Waals surface area contributed by atoms with Gasteiger partial charge in [-0.15, -0.1) is 0 Å². The van der Waals surface area contributed by atoms with Crippen molar-refractivity contribution >= 4 is 17.4 Å². The molecule has 1 N–H and O–H groups in total. The van der Waals surface area contributed by atoms with Crippen LogP contribution in [0.1, 0.15) is 43.0 Å². The van der Waals surface area contributed by atoms with Crippen LogP contribution < -0.4 is 10.2 Å². The second kappa shape index (κ2) is 9.15. The smallest absolute Gasteiger partial charge is 0.369 e. The summed E-state index contributed by atoms with van der Waals surface area (Å²) < 4.78 is 38.8. The highest BCUT2D eigenvalue weighted by molar-refractivity contribution is 5.94. The number of hydrogen-bond donors (Lipinski definition) is 1. The van der Waals surface area contributed by atoms with E-state index in [1.807, 2.05) is 29.2 Å². The molecule has 1 amide bonds. The Kier molecular flexibility index (Phi) is 6.82. The van der Waals surface area contributed by atoms with E-state index in [9.17, 15) is 22.8 Å². The van der Waals surface area contributed by atoms with Gasteiger partial charge >= 0.3 is 6.18 Å². The first-order valence-corrected chi connectivity index (χ1v) is 10.2. The largest absolute Gasteiger partial charge is 0.391 e. The zero-order valence-corrected chi connectivity index (χ0v) is 16.7. The van der Waals surface area contributed by atoms with E-state index >= 15 is 0 Å². The Morgan fingerprint density at radius 2 is 1.72 bits per heavy atom. The van der Waals surface area contributed by atoms with Gasteiger partial charge in [-0.05, 0) is 50.5 Å². The van der Waals surface area contributed by atoms with Gasteiger partial charge in [0, 0.05) is 43.5 Å². The third-order valence-electron chi connectivity index (χ3n) is 5.88. The first kappa shape index (κ1) is 21.6. The average molecular weight is 411 g/mol. The van der Waals surface area contributed by atoms with Gasteiger partial charge in [0.05, 0.1) is 12.5 Å². The number of rotatable bonds is 5. The predicted molar refractivity (Wildman–Crippen MR) is 105 cm³/mol. The van der Waals surface area contributed by atoms with Crippen molar-refractivity contribution in [3.63, 3.8) is 0 Å². The fourth-order valence-electron chi connectivity index (χ4n) is 4.17. The average Bonchev–Trinajstić information content (AvgIpc) is 2.68. The molecular weight excluding hydrogens is 383 g/mol. The van der Waals surface area contributed by atoms with Gasteiger partial charge in [0.15, 0.2) is 5.78 Å². The Morgan fingerprint density at radius 3 is 2.31 bits per heavy atom. The second-order valence-electron chi connectivity index (χ2n) is 8.04. The van der Waals surface area contributed by atoms with Crippen molar-refractivity contribution in [2.75, 3.05) is 37.6 Å². The number of piperazine rings is 1. The number of nitrogens with one attached hydrogen (secondary N) is 1. The summed E-state index contributed by atoms with van der Waals surface area (Å²) in [5.41, 5.74) is 1.72. The van der Waals surface area contributed by atoms with Gasteiger partial charge in [-0.25, -0.2) is 0 Å². The Balaban J connectivity index is 1.43. The fraction of sp³-hybridized carbons (Fsp3) is 0.619. The molecule has 2 aliphatic rings. The highest BCUT2D eigenvalue weighted by atomic mass is 19.4. The minimum Gasteiger partial charge on any atom is -0.369 e. The molecule has 0 unspecified atom stereocenters. The molecule has 8 heteroatoms. The van der Waals surface area contributed by atoms with E-state index in [2.05, 4.69) is 10.2 Å². The summed E-state index contributed by atoms with van der Waals surface area (Å²) in [7, 11) is 0. The van der Waals surface area contributed by atoms with Gasteiger partial charge in [0.2, 0.25) is 5.91 Å². The molecule has 1 aliphatic heterocycles. The highest BCUT2D eigenvalue weighted by Crippen LogP contribution is 2.37. The van der Waals surface area contributed by atoms with E-state index in [4.69, 9.17) is 0 Å². The monoisotopic (exact) mass is 411 g/mol. The van der Waals surface area contributed by atoms with Crippen LogP contribution in [-0.4, -0.2) is 61.5 Å². The molecule has 0 spiro atoms. The Hall–Kier alpha value is -2.09. The lowest BCUT2D eigenvalue weighted by Crippen LogP contribution is -2.51. The summed E-state index contributed by atoms with van der Waals surface area (Å²) in [6.07, 6.45) is -2.93. The SMILES string of the molecule is CC(=O)c1ccc(N2CCN(CC(=O)N[C@H]3CCC[C@H](C(F)(F)F)C3)CC2)cc1. The van der Waals surface area contributed by atoms with Crippen molar-refractivity contribution in [3.8, 4) is 0 Å². The van der Waals surface area contributed by atoms with Crippen molar-refractivity contribution in [2.45, 2.75) is 44.8 Å². The van der Waals surface area contributed by atoms with Crippen LogP contribution in [0.5, 0.6) is 0 Å². The molecule has 2 atom stereocenters. The summed E-state index contributed by atoms with van der Waals surface area (Å²) in [4.78, 5) is 27.9. The molecule has 0 aromatic heterocycles. The van der Waals surface area contributed by atoms with Crippen LogP contribution >= 0.6 is 0 Å². The quantitative estimate of drug-likeness (QED) is 0.756. The maximum Gasteiger partial charge on any atom is 0.391 e. The molecule has 1 aromatic carbocycles. The number of halogens is 3. The highest BCUT2D eigenvalue weighted by Gasteiger charge is 2.42. The van der Waals surface area contributed by atoms with Crippen molar-refractivity contribution in [1.29, 1.82) is 0 Å². The third kappa shape index (κ3) is 5.95. The number of carbonyl (C=O) groups excluding carboxylic acids is 2. The lowest BCUT2D eigenvalue weighted by Gasteiger charge is -2.36. The number of amides is 1. The summed E-state index contributed by atoms with van der Waals surface area (Å²) in [6, 6.07) is 7.11. The van der Waals surface area contributed by atoms with Crippen LogP contribution in [0.25, 0.3) is 0 Å². The summed E-state index contributed by atoms with van der Waals surface area (Å²) in [5, 5.41) is 2.80. The number of Topliss-reactive ketones (excluding diaryl/α,β-unsaturated/α-hetero) is 1. The standard InChI is InChI=1S/C21H28F3N3O2/c1-15(28)16-5-7-19(8-6-16)27-11-9-26(10-12-27)14-20(29)25-18-4-2-3-17(13-18)21(22,23)24/h5-8,17-18H,2-4,9-14H2,1H3,(H,25,29)/t17-,18-/m0/s1. The number of nitrogens with zero attached hydrogens (tertiary/aromatic N) is 2. The zero-order valence-electron chi connectivity index (χ0n) is 16.7. The first-order valence-electron chi connectivity index (χ1n) is 10.2. The molecule has 1 saturated carbocycles. The molecule has 5 nitrogen and oxygen atoms in total. The molecule has 3 rings (SSSR count).